The van der Waals surface area contributed by atoms with Crippen LogP contribution in [0.25, 0.3) is 16.4 Å². The Balaban J connectivity index is 1.51. The van der Waals surface area contributed by atoms with Crippen molar-refractivity contribution in [2.75, 3.05) is 0 Å². The van der Waals surface area contributed by atoms with Gasteiger partial charge in [-0.1, -0.05) is 42.5 Å². The molecular weight excluding hydrogens is 427 g/mol. The topological polar surface area (TPSA) is 52.0 Å². The van der Waals surface area contributed by atoms with Crippen molar-refractivity contribution >= 4 is 62.5 Å². The smallest absolute Gasteiger partial charge is 0.197 e. The Kier molecular flexibility index (Phi) is 4.65. The van der Waals surface area contributed by atoms with Crippen LogP contribution in [0.1, 0.15) is 69.4 Å². The van der Waals surface area contributed by atoms with Crippen molar-refractivity contribution in [3.63, 3.8) is 0 Å². The van der Waals surface area contributed by atoms with Crippen LogP contribution in [0.15, 0.2) is 23.8 Å². The minimum atomic E-state index is -0.308. The minimum Gasteiger partial charge on any atom is -0.330 e. The summed E-state index contributed by atoms with van der Waals surface area (Å²) < 4.78 is 2.16. The monoisotopic (exact) mass is 444 g/mol. The summed E-state index contributed by atoms with van der Waals surface area (Å²) in [6, 6.07) is 4.96. The van der Waals surface area contributed by atoms with Crippen LogP contribution in [0.4, 0.5) is 0 Å². The Labute approximate surface area is 182 Å². The number of fused-ring (bicyclic) bond motifs is 2. The molecule has 0 aliphatic heterocycles. The van der Waals surface area contributed by atoms with E-state index in [9.17, 15) is 9.59 Å². The highest BCUT2D eigenvalue weighted by Crippen LogP contribution is 2.38. The molecule has 4 nitrogen and oxygen atoms in total. The standard InChI is InChI=1S/C22H18Cl2N2O2S/c1-26-18-8-12(29-22(18)25-21(26)11-5-3-2-4-6-11)7-15-19(27)13-9-16(23)17(24)10-14(13)20(15)28/h7-11H,2-6H2,1H3. The fourth-order valence-electron chi connectivity index (χ4n) is 4.40. The van der Waals surface area contributed by atoms with Crippen molar-refractivity contribution in [1.82, 2.24) is 9.55 Å². The van der Waals surface area contributed by atoms with Crippen molar-refractivity contribution in [3.05, 3.63) is 55.6 Å². The van der Waals surface area contributed by atoms with E-state index in [1.807, 2.05) is 6.07 Å². The molecule has 0 unspecified atom stereocenters. The molecule has 1 aromatic carbocycles. The Morgan fingerprint density at radius 1 is 1.03 bits per heavy atom. The van der Waals surface area contributed by atoms with Gasteiger partial charge in [-0.05, 0) is 37.1 Å². The van der Waals surface area contributed by atoms with Crippen LogP contribution in [-0.4, -0.2) is 21.1 Å². The van der Waals surface area contributed by atoms with Crippen molar-refractivity contribution in [2.45, 2.75) is 38.0 Å². The zero-order valence-corrected chi connectivity index (χ0v) is 18.1. The lowest BCUT2D eigenvalue weighted by Gasteiger charge is -2.21. The molecule has 7 heteroatoms. The Hall–Kier alpha value is -1.95. The summed E-state index contributed by atoms with van der Waals surface area (Å²) in [6.45, 7) is 0. The first-order valence-electron chi connectivity index (χ1n) is 9.70. The number of halogens is 2. The van der Waals surface area contributed by atoms with Crippen molar-refractivity contribution in [1.29, 1.82) is 0 Å². The van der Waals surface area contributed by atoms with E-state index in [0.717, 1.165) is 21.0 Å². The lowest BCUT2D eigenvalue weighted by molar-refractivity contribution is 0.0990. The first kappa shape index (κ1) is 19.0. The fraction of sp³-hybridized carbons (Fsp3) is 0.318. The van der Waals surface area contributed by atoms with E-state index in [0.29, 0.717) is 17.0 Å². The molecule has 2 aliphatic rings. The van der Waals surface area contributed by atoms with Crippen molar-refractivity contribution in [2.24, 2.45) is 7.05 Å². The number of nitrogens with zero attached hydrogens (tertiary/aromatic N) is 2. The number of Topliss-reactive ketones (excluding diaryl/α,β-unsaturated/α-hetero) is 2. The van der Waals surface area contributed by atoms with Gasteiger partial charge >= 0.3 is 0 Å². The Bertz CT molecular complexity index is 1170. The number of aryl methyl sites for hydroxylation is 1. The molecule has 5 rings (SSSR count). The Morgan fingerprint density at radius 2 is 1.66 bits per heavy atom. The number of hydrogen-bond donors (Lipinski definition) is 0. The molecular formula is C22H18Cl2N2O2S. The summed E-state index contributed by atoms with van der Waals surface area (Å²) in [6.07, 6.45) is 7.90. The second kappa shape index (κ2) is 7.08. The summed E-state index contributed by atoms with van der Waals surface area (Å²) in [5.74, 6) is 1.06. The zero-order valence-electron chi connectivity index (χ0n) is 15.8. The number of rotatable bonds is 2. The van der Waals surface area contributed by atoms with Crippen LogP contribution in [0.2, 0.25) is 10.0 Å². The van der Waals surface area contributed by atoms with Crippen LogP contribution >= 0.6 is 34.5 Å². The van der Waals surface area contributed by atoms with E-state index in [1.54, 1.807) is 6.08 Å². The SMILES string of the molecule is Cn1c(C2CCCCC2)nc2sc(C=C3C(=O)c4cc(Cl)c(Cl)cc4C3=O)cc21. The third-order valence-corrected chi connectivity index (χ3v) is 7.62. The molecule has 29 heavy (non-hydrogen) atoms. The van der Waals surface area contributed by atoms with Crippen LogP contribution < -0.4 is 0 Å². The van der Waals surface area contributed by atoms with E-state index < -0.39 is 0 Å². The summed E-state index contributed by atoms with van der Waals surface area (Å²) in [5.41, 5.74) is 1.82. The lowest BCUT2D eigenvalue weighted by atomic mass is 9.89. The predicted octanol–water partition coefficient (Wildman–Crippen LogP) is 6.45. The highest BCUT2D eigenvalue weighted by Gasteiger charge is 2.34. The average Bonchev–Trinajstić information content (AvgIpc) is 3.32. The Morgan fingerprint density at radius 3 is 2.24 bits per heavy atom. The number of aromatic nitrogens is 2. The number of carbonyl (C=O) groups is 2. The van der Waals surface area contributed by atoms with E-state index >= 15 is 0 Å². The highest BCUT2D eigenvalue weighted by molar-refractivity contribution is 7.19. The number of imidazole rings is 1. The fourth-order valence-corrected chi connectivity index (χ4v) is 5.74. The maximum absolute atomic E-state index is 12.7. The maximum atomic E-state index is 12.7. The van der Waals surface area contributed by atoms with Gasteiger partial charge < -0.3 is 4.57 Å². The van der Waals surface area contributed by atoms with Gasteiger partial charge in [0.1, 0.15) is 10.7 Å². The number of allylic oxidation sites excluding steroid dienone is 1. The summed E-state index contributed by atoms with van der Waals surface area (Å²) >= 11 is 13.6. The first-order chi connectivity index (χ1) is 13.9. The second-order valence-corrected chi connectivity index (χ2v) is 9.61. The molecule has 0 radical (unpaired) electrons. The molecule has 3 aromatic rings. The third-order valence-electron chi connectivity index (χ3n) is 5.93. The quantitative estimate of drug-likeness (QED) is 0.336. The number of carbonyl (C=O) groups excluding carboxylic acids is 2. The lowest BCUT2D eigenvalue weighted by Crippen LogP contribution is -2.10. The molecule has 0 bridgehead atoms. The van der Waals surface area contributed by atoms with E-state index in [4.69, 9.17) is 28.2 Å². The van der Waals surface area contributed by atoms with Gasteiger partial charge in [0.25, 0.3) is 0 Å². The third kappa shape index (κ3) is 3.07. The molecule has 2 aliphatic carbocycles. The molecule has 0 saturated heterocycles. The molecule has 0 amide bonds. The van der Waals surface area contributed by atoms with E-state index in [2.05, 4.69) is 11.6 Å². The molecule has 1 saturated carbocycles. The zero-order chi connectivity index (χ0) is 20.3. The van der Waals surface area contributed by atoms with Gasteiger partial charge in [-0.25, -0.2) is 4.98 Å². The van der Waals surface area contributed by atoms with Crippen LogP contribution in [0.3, 0.4) is 0 Å². The minimum absolute atomic E-state index is 0.150. The van der Waals surface area contributed by atoms with Gasteiger partial charge in [0, 0.05) is 29.0 Å². The van der Waals surface area contributed by atoms with Crippen LogP contribution in [0, 0.1) is 0 Å². The van der Waals surface area contributed by atoms with E-state index in [-0.39, 0.29) is 27.2 Å². The normalized spacial score (nSPS) is 17.4. The number of ketones is 2. The van der Waals surface area contributed by atoms with Crippen molar-refractivity contribution in [3.8, 4) is 0 Å². The average molecular weight is 445 g/mol. The highest BCUT2D eigenvalue weighted by atomic mass is 35.5. The molecule has 1 fully saturated rings. The van der Waals surface area contributed by atoms with Gasteiger partial charge in [0.15, 0.2) is 11.6 Å². The second-order valence-electron chi connectivity index (χ2n) is 7.73. The van der Waals surface area contributed by atoms with Crippen LogP contribution in [-0.2, 0) is 7.05 Å². The van der Waals surface area contributed by atoms with Crippen LogP contribution in [0.5, 0.6) is 0 Å². The summed E-state index contributed by atoms with van der Waals surface area (Å²) in [4.78, 5) is 32.2. The predicted molar refractivity (Wildman–Crippen MR) is 118 cm³/mol. The summed E-state index contributed by atoms with van der Waals surface area (Å²) in [5, 5.41) is 0.545. The largest absolute Gasteiger partial charge is 0.330 e. The van der Waals surface area contributed by atoms with Crippen molar-refractivity contribution < 1.29 is 9.59 Å². The van der Waals surface area contributed by atoms with Gasteiger partial charge in [-0.3, -0.25) is 9.59 Å². The molecule has 2 aromatic heterocycles. The number of benzene rings is 1. The molecule has 148 valence electrons. The molecule has 0 spiro atoms. The number of thiophene rings is 1. The molecule has 0 atom stereocenters. The van der Waals surface area contributed by atoms with Gasteiger partial charge in [-0.15, -0.1) is 11.3 Å². The van der Waals surface area contributed by atoms with Gasteiger partial charge in [0.2, 0.25) is 0 Å². The van der Waals surface area contributed by atoms with Gasteiger partial charge in [0.05, 0.1) is 21.1 Å². The molecule has 2 heterocycles. The summed E-state index contributed by atoms with van der Waals surface area (Å²) in [7, 11) is 2.05. The first-order valence-corrected chi connectivity index (χ1v) is 11.3. The van der Waals surface area contributed by atoms with Gasteiger partial charge in [-0.2, -0.15) is 0 Å². The van der Waals surface area contributed by atoms with E-state index in [1.165, 1.54) is 55.6 Å². The maximum Gasteiger partial charge on any atom is 0.197 e. The number of hydrogen-bond acceptors (Lipinski definition) is 4. The molecule has 0 N–H and O–H groups in total.